The number of cyclic esters (lactones) is 1. The highest BCUT2D eigenvalue weighted by Gasteiger charge is 2.70. The zero-order chi connectivity index (χ0) is 17.3. The van der Waals surface area contributed by atoms with Crippen LogP contribution in [0, 0.1) is 5.92 Å². The van der Waals surface area contributed by atoms with Gasteiger partial charge in [0.15, 0.2) is 11.5 Å². The first-order chi connectivity index (χ1) is 11.3. The zero-order valence-electron chi connectivity index (χ0n) is 12.4. The smallest absolute Gasteiger partial charge is 0.312 e. The maximum absolute atomic E-state index is 12.7. The molecule has 1 aromatic rings. The largest absolute Gasteiger partial charge is 0.502 e. The first kappa shape index (κ1) is 15.3. The van der Waals surface area contributed by atoms with Crippen LogP contribution < -0.4 is 5.43 Å². The molecule has 2 bridgehead atoms. The molecule has 4 heterocycles. The third kappa shape index (κ3) is 1.71. The van der Waals surface area contributed by atoms with Gasteiger partial charge in [0.25, 0.3) is 0 Å². The predicted molar refractivity (Wildman–Crippen MR) is 72.8 cm³/mol. The van der Waals surface area contributed by atoms with Gasteiger partial charge in [0, 0.05) is 12.5 Å². The first-order valence-electron chi connectivity index (χ1n) is 7.39. The minimum absolute atomic E-state index is 0.00637. The van der Waals surface area contributed by atoms with Crippen molar-refractivity contribution in [3.8, 4) is 5.75 Å². The van der Waals surface area contributed by atoms with Gasteiger partial charge in [0.2, 0.25) is 16.8 Å². The Hall–Kier alpha value is -2.23. The Bertz CT molecular complexity index is 812. The van der Waals surface area contributed by atoms with Crippen molar-refractivity contribution >= 4 is 11.8 Å². The maximum atomic E-state index is 12.7. The lowest BCUT2D eigenvalue weighted by molar-refractivity contribution is -0.200. The number of hydrogen-bond acceptors (Lipinski definition) is 9. The molecule has 3 aliphatic rings. The van der Waals surface area contributed by atoms with Crippen molar-refractivity contribution in [3.63, 3.8) is 0 Å². The molecule has 4 rings (SSSR count). The fraction of sp³-hybridized carbons (Fsp3) is 0.533. The van der Waals surface area contributed by atoms with E-state index in [2.05, 4.69) is 0 Å². The van der Waals surface area contributed by atoms with Crippen LogP contribution in [0.5, 0.6) is 5.75 Å². The highest BCUT2D eigenvalue weighted by molar-refractivity contribution is 5.93. The Morgan fingerprint density at radius 3 is 2.75 bits per heavy atom. The Kier molecular flexibility index (Phi) is 2.97. The number of fused-ring (bicyclic) bond motifs is 1. The third-order valence-electron chi connectivity index (χ3n) is 5.03. The van der Waals surface area contributed by atoms with Gasteiger partial charge < -0.3 is 29.2 Å². The molecule has 4 atom stereocenters. The molecule has 128 valence electrons. The van der Waals surface area contributed by atoms with Crippen molar-refractivity contribution in [2.75, 3.05) is 6.61 Å². The number of carbonyl (C=O) groups excluding carboxylic acids is 2. The van der Waals surface area contributed by atoms with Gasteiger partial charge in [-0.25, -0.2) is 0 Å². The van der Waals surface area contributed by atoms with E-state index >= 15 is 0 Å². The van der Waals surface area contributed by atoms with Gasteiger partial charge in [0.1, 0.15) is 30.7 Å². The van der Waals surface area contributed by atoms with Gasteiger partial charge in [-0.05, 0) is 6.42 Å². The summed E-state index contributed by atoms with van der Waals surface area (Å²) in [7, 11) is 0. The second kappa shape index (κ2) is 4.65. The number of aliphatic hydroxyl groups is 2. The van der Waals surface area contributed by atoms with E-state index in [9.17, 15) is 24.6 Å². The van der Waals surface area contributed by atoms with Crippen LogP contribution in [0.4, 0.5) is 0 Å². The summed E-state index contributed by atoms with van der Waals surface area (Å²) in [5.74, 6) is -3.76. The van der Waals surface area contributed by atoms with Crippen LogP contribution in [0.3, 0.4) is 0 Å². The molecule has 0 aliphatic carbocycles. The Balaban J connectivity index is 1.85. The van der Waals surface area contributed by atoms with Crippen LogP contribution in [0.1, 0.15) is 24.4 Å². The van der Waals surface area contributed by atoms with E-state index in [-0.39, 0.29) is 25.2 Å². The maximum Gasteiger partial charge on any atom is 0.312 e. The van der Waals surface area contributed by atoms with Gasteiger partial charge in [-0.1, -0.05) is 0 Å². The molecular weight excluding hydrogens is 324 g/mol. The number of rotatable bonds is 2. The third-order valence-corrected chi connectivity index (χ3v) is 5.03. The summed E-state index contributed by atoms with van der Waals surface area (Å²) in [6.07, 6.45) is -1.49. The minimum atomic E-state index is -2.41. The highest BCUT2D eigenvalue weighted by Crippen LogP contribution is 2.54. The fourth-order valence-corrected chi connectivity index (χ4v) is 3.78. The number of ketones is 1. The molecule has 3 saturated heterocycles. The van der Waals surface area contributed by atoms with Crippen LogP contribution in [0.15, 0.2) is 15.3 Å². The van der Waals surface area contributed by atoms with Gasteiger partial charge in [-0.3, -0.25) is 14.4 Å². The average molecular weight is 338 g/mol. The quantitative estimate of drug-likeness (QED) is 0.560. The van der Waals surface area contributed by atoms with Crippen LogP contribution in [-0.2, 0) is 31.3 Å². The molecule has 9 heteroatoms. The van der Waals surface area contributed by atoms with Gasteiger partial charge in [-0.2, -0.15) is 0 Å². The number of aliphatic hydroxyl groups excluding tert-OH is 1. The normalized spacial score (nSPS) is 37.4. The molecule has 1 spiro atoms. The van der Waals surface area contributed by atoms with Crippen LogP contribution >= 0.6 is 0 Å². The molecule has 3 N–H and O–H groups in total. The van der Waals surface area contributed by atoms with Crippen molar-refractivity contribution in [1.29, 1.82) is 0 Å². The lowest BCUT2D eigenvalue weighted by atomic mass is 9.82. The van der Waals surface area contributed by atoms with E-state index in [0.717, 1.165) is 6.07 Å². The number of esters is 1. The standard InChI is InChI=1S/C15H14O9/c16-4-6-1-8(17)11(19)12(23-6)15(21)9(18)3-14-5-22-13(20)7(14)2-10(15)24-14/h1,7,10,16,19,21H,2-5H2/t7-,10+,14+,15+/m1/s1. The summed E-state index contributed by atoms with van der Waals surface area (Å²) in [5, 5.41) is 30.1. The van der Waals surface area contributed by atoms with Crippen LogP contribution in [0.25, 0.3) is 0 Å². The second-order valence-corrected chi connectivity index (χ2v) is 6.35. The Morgan fingerprint density at radius 1 is 1.29 bits per heavy atom. The number of ether oxygens (including phenoxy) is 2. The topological polar surface area (TPSA) is 144 Å². The summed E-state index contributed by atoms with van der Waals surface area (Å²) in [5.41, 5.74) is -4.43. The van der Waals surface area contributed by atoms with E-state index in [0.29, 0.717) is 0 Å². The molecule has 24 heavy (non-hydrogen) atoms. The van der Waals surface area contributed by atoms with Crippen LogP contribution in [0.2, 0.25) is 0 Å². The second-order valence-electron chi connectivity index (χ2n) is 6.35. The van der Waals surface area contributed by atoms with Crippen molar-refractivity contribution in [2.24, 2.45) is 5.92 Å². The monoisotopic (exact) mass is 338 g/mol. The molecule has 0 saturated carbocycles. The first-order valence-corrected chi connectivity index (χ1v) is 7.39. The Morgan fingerprint density at radius 2 is 2.04 bits per heavy atom. The minimum Gasteiger partial charge on any atom is -0.502 e. The molecule has 3 aliphatic heterocycles. The van der Waals surface area contributed by atoms with E-state index in [4.69, 9.17) is 19.0 Å². The molecule has 0 aromatic carbocycles. The van der Waals surface area contributed by atoms with Crippen LogP contribution in [-0.4, -0.2) is 45.4 Å². The summed E-state index contributed by atoms with van der Waals surface area (Å²) in [6, 6.07) is 0.860. The molecule has 1 aromatic heterocycles. The number of aromatic hydroxyl groups is 1. The molecule has 9 nitrogen and oxygen atoms in total. The lowest BCUT2D eigenvalue weighted by Gasteiger charge is -2.39. The zero-order valence-corrected chi connectivity index (χ0v) is 12.4. The summed E-state index contributed by atoms with van der Waals surface area (Å²) >= 11 is 0. The van der Waals surface area contributed by atoms with Crippen molar-refractivity contribution < 1.29 is 38.8 Å². The fourth-order valence-electron chi connectivity index (χ4n) is 3.78. The average Bonchev–Trinajstić information content (AvgIpc) is 3.03. The van der Waals surface area contributed by atoms with E-state index in [1.807, 2.05) is 0 Å². The van der Waals surface area contributed by atoms with Crippen molar-refractivity contribution in [3.05, 3.63) is 27.8 Å². The number of Topliss-reactive ketones (excluding diaryl/α,β-unsaturated/α-hetero) is 1. The summed E-state index contributed by atoms with van der Waals surface area (Å²) in [6.45, 7) is -0.737. The number of carbonyl (C=O) groups is 2. The van der Waals surface area contributed by atoms with Gasteiger partial charge >= 0.3 is 5.97 Å². The summed E-state index contributed by atoms with van der Waals surface area (Å²) in [4.78, 5) is 36.3. The lowest BCUT2D eigenvalue weighted by Crippen LogP contribution is -2.55. The Labute approximate surface area is 134 Å². The van der Waals surface area contributed by atoms with Gasteiger partial charge in [-0.15, -0.1) is 0 Å². The van der Waals surface area contributed by atoms with E-state index < -0.39 is 58.5 Å². The summed E-state index contributed by atoms with van der Waals surface area (Å²) < 4.78 is 15.9. The molecule has 0 unspecified atom stereocenters. The SMILES string of the molecule is O=C1OC[C@@]23CC(=O)[C@@](O)(c4oc(CO)cc(=O)c4O)[C@H](C[C@H]12)O3. The van der Waals surface area contributed by atoms with E-state index in [1.54, 1.807) is 0 Å². The molecule has 3 fully saturated rings. The molecule has 0 radical (unpaired) electrons. The number of hydrogen-bond donors (Lipinski definition) is 3. The van der Waals surface area contributed by atoms with Crippen molar-refractivity contribution in [2.45, 2.75) is 36.8 Å². The van der Waals surface area contributed by atoms with Crippen molar-refractivity contribution in [1.82, 2.24) is 0 Å². The van der Waals surface area contributed by atoms with Gasteiger partial charge in [0.05, 0.1) is 5.92 Å². The molecular formula is C15H14O9. The highest BCUT2D eigenvalue weighted by atomic mass is 16.6. The molecule has 0 amide bonds. The van der Waals surface area contributed by atoms with E-state index in [1.165, 1.54) is 0 Å². The predicted octanol–water partition coefficient (Wildman–Crippen LogP) is -1.30.